The van der Waals surface area contributed by atoms with E-state index in [0.717, 1.165) is 25.1 Å². The average Bonchev–Trinajstić information content (AvgIpc) is 2.62. The van der Waals surface area contributed by atoms with Gasteiger partial charge in [-0.15, -0.1) is 11.3 Å². The summed E-state index contributed by atoms with van der Waals surface area (Å²) in [6.07, 6.45) is 2.14. The molecule has 0 saturated heterocycles. The number of fused-ring (bicyclic) bond motifs is 1. The largest absolute Gasteiger partial charge is 0.465 e. The van der Waals surface area contributed by atoms with E-state index >= 15 is 0 Å². The van der Waals surface area contributed by atoms with Gasteiger partial charge < -0.3 is 15.8 Å². The lowest BCUT2D eigenvalue weighted by Crippen LogP contribution is -2.22. The third-order valence-electron chi connectivity index (χ3n) is 3.02. The highest BCUT2D eigenvalue weighted by molar-refractivity contribution is 7.17. The number of methoxy groups -OCH3 is 1. The lowest BCUT2D eigenvalue weighted by atomic mass is 9.96. The fraction of sp³-hybridized carbons (Fsp3) is 0.545. The lowest BCUT2D eigenvalue weighted by Gasteiger charge is -2.22. The Morgan fingerprint density at radius 3 is 3.06 bits per heavy atom. The van der Waals surface area contributed by atoms with E-state index < -0.39 is 0 Å². The summed E-state index contributed by atoms with van der Waals surface area (Å²) >= 11 is 1.49. The molecule has 2 heterocycles. The molecule has 0 bridgehead atoms. The van der Waals surface area contributed by atoms with Crippen molar-refractivity contribution < 1.29 is 9.53 Å². The number of thiophene rings is 1. The molecule has 3 N–H and O–H groups in total. The van der Waals surface area contributed by atoms with Crippen LogP contribution < -0.4 is 11.1 Å². The SMILES string of the molecule is CC[C@H]1CNc2c(sc(N)c2C(=O)OC)C1. The molecule has 0 radical (unpaired) electrons. The van der Waals surface area contributed by atoms with Gasteiger partial charge in [0.25, 0.3) is 0 Å². The predicted octanol–water partition coefficient (Wildman–Crippen LogP) is 2.11. The molecule has 16 heavy (non-hydrogen) atoms. The normalized spacial score (nSPS) is 18.8. The number of anilines is 2. The Morgan fingerprint density at radius 1 is 1.69 bits per heavy atom. The van der Waals surface area contributed by atoms with Crippen LogP contribution in [0.4, 0.5) is 10.7 Å². The van der Waals surface area contributed by atoms with Crippen molar-refractivity contribution in [2.45, 2.75) is 19.8 Å². The molecule has 4 nitrogen and oxygen atoms in total. The molecule has 0 spiro atoms. The van der Waals surface area contributed by atoms with Crippen LogP contribution in [0.25, 0.3) is 0 Å². The van der Waals surface area contributed by atoms with Gasteiger partial charge in [-0.25, -0.2) is 4.79 Å². The fourth-order valence-electron chi connectivity index (χ4n) is 2.00. The van der Waals surface area contributed by atoms with Crippen molar-refractivity contribution in [2.75, 3.05) is 24.7 Å². The van der Waals surface area contributed by atoms with Crippen LogP contribution in [0.1, 0.15) is 28.6 Å². The van der Waals surface area contributed by atoms with Crippen molar-refractivity contribution in [1.82, 2.24) is 0 Å². The summed E-state index contributed by atoms with van der Waals surface area (Å²) in [6.45, 7) is 3.08. The standard InChI is InChI=1S/C11H16N2O2S/c1-3-6-4-7-9(13-5-6)8(10(12)16-7)11(14)15-2/h6,13H,3-5,12H2,1-2H3/t6-/m1/s1. The molecule has 1 aromatic heterocycles. The molecule has 0 aliphatic carbocycles. The van der Waals surface area contributed by atoms with Crippen molar-refractivity contribution in [3.05, 3.63) is 10.4 Å². The smallest absolute Gasteiger partial charge is 0.342 e. The van der Waals surface area contributed by atoms with Crippen LogP contribution in [0.3, 0.4) is 0 Å². The summed E-state index contributed by atoms with van der Waals surface area (Å²) in [5, 5.41) is 3.85. The predicted molar refractivity (Wildman–Crippen MR) is 66.0 cm³/mol. The van der Waals surface area contributed by atoms with E-state index in [2.05, 4.69) is 12.2 Å². The van der Waals surface area contributed by atoms with E-state index in [9.17, 15) is 4.79 Å². The Kier molecular flexibility index (Phi) is 3.05. The molecular weight excluding hydrogens is 224 g/mol. The zero-order chi connectivity index (χ0) is 11.7. The summed E-state index contributed by atoms with van der Waals surface area (Å²) in [4.78, 5) is 12.8. The molecule has 2 rings (SSSR count). The first kappa shape index (κ1) is 11.3. The molecule has 0 fully saturated rings. The number of nitrogens with one attached hydrogen (secondary N) is 1. The van der Waals surface area contributed by atoms with E-state index in [1.807, 2.05) is 0 Å². The first-order valence-corrected chi connectivity index (χ1v) is 6.22. The van der Waals surface area contributed by atoms with Gasteiger partial charge in [0.2, 0.25) is 0 Å². The summed E-state index contributed by atoms with van der Waals surface area (Å²) in [5.41, 5.74) is 7.26. The van der Waals surface area contributed by atoms with E-state index in [4.69, 9.17) is 10.5 Å². The molecule has 1 aliphatic heterocycles. The van der Waals surface area contributed by atoms with Crippen LogP contribution in [0.15, 0.2) is 0 Å². The first-order chi connectivity index (χ1) is 7.67. The number of carbonyl (C=O) groups excluding carboxylic acids is 1. The third kappa shape index (κ3) is 1.75. The van der Waals surface area contributed by atoms with Crippen LogP contribution in [-0.4, -0.2) is 19.6 Å². The number of hydrogen-bond donors (Lipinski definition) is 2. The van der Waals surface area contributed by atoms with Gasteiger partial charge in [-0.1, -0.05) is 13.3 Å². The minimum absolute atomic E-state index is 0.350. The number of nitrogens with two attached hydrogens (primary N) is 1. The second kappa shape index (κ2) is 4.33. The third-order valence-corrected chi connectivity index (χ3v) is 4.06. The molecular formula is C11H16N2O2S. The molecule has 1 atom stereocenters. The van der Waals surface area contributed by atoms with Crippen LogP contribution in [0, 0.1) is 5.92 Å². The van der Waals surface area contributed by atoms with E-state index in [1.54, 1.807) is 0 Å². The molecule has 1 aromatic rings. The zero-order valence-corrected chi connectivity index (χ0v) is 10.3. The van der Waals surface area contributed by atoms with Gasteiger partial charge in [0.05, 0.1) is 12.8 Å². The monoisotopic (exact) mass is 240 g/mol. The summed E-state index contributed by atoms with van der Waals surface area (Å²) < 4.78 is 4.74. The van der Waals surface area contributed by atoms with E-state index in [1.165, 1.54) is 23.3 Å². The van der Waals surface area contributed by atoms with Crippen molar-refractivity contribution in [2.24, 2.45) is 5.92 Å². The van der Waals surface area contributed by atoms with Crippen LogP contribution in [-0.2, 0) is 11.2 Å². The van der Waals surface area contributed by atoms with Crippen molar-refractivity contribution >= 4 is 28.0 Å². The maximum Gasteiger partial charge on any atom is 0.342 e. The van der Waals surface area contributed by atoms with Crippen LogP contribution in [0.5, 0.6) is 0 Å². The van der Waals surface area contributed by atoms with E-state index in [-0.39, 0.29) is 5.97 Å². The van der Waals surface area contributed by atoms with Gasteiger partial charge in [-0.2, -0.15) is 0 Å². The highest BCUT2D eigenvalue weighted by Crippen LogP contribution is 2.40. The number of nitrogen functional groups attached to an aromatic ring is 1. The Hall–Kier alpha value is -1.23. The maximum absolute atomic E-state index is 11.6. The lowest BCUT2D eigenvalue weighted by molar-refractivity contribution is 0.0603. The average molecular weight is 240 g/mol. The molecule has 5 heteroatoms. The Labute approximate surface area is 98.8 Å². The number of rotatable bonds is 2. The summed E-state index contributed by atoms with van der Waals surface area (Å²) in [6, 6.07) is 0. The van der Waals surface area contributed by atoms with Gasteiger partial charge in [0.1, 0.15) is 10.6 Å². The molecule has 88 valence electrons. The Bertz CT molecular complexity index is 414. The van der Waals surface area contributed by atoms with Gasteiger partial charge in [-0.3, -0.25) is 0 Å². The minimum atomic E-state index is -0.350. The number of ether oxygens (including phenoxy) is 1. The van der Waals surface area contributed by atoms with Crippen LogP contribution in [0.2, 0.25) is 0 Å². The quantitative estimate of drug-likeness (QED) is 0.777. The second-order valence-electron chi connectivity index (χ2n) is 3.99. The molecule has 0 saturated carbocycles. The van der Waals surface area contributed by atoms with Crippen molar-refractivity contribution in [3.63, 3.8) is 0 Å². The molecule has 0 unspecified atom stereocenters. The van der Waals surface area contributed by atoms with Gasteiger partial charge >= 0.3 is 5.97 Å². The van der Waals surface area contributed by atoms with Crippen molar-refractivity contribution in [1.29, 1.82) is 0 Å². The van der Waals surface area contributed by atoms with Gasteiger partial charge in [0.15, 0.2) is 0 Å². The van der Waals surface area contributed by atoms with Gasteiger partial charge in [0, 0.05) is 11.4 Å². The second-order valence-corrected chi connectivity index (χ2v) is 5.13. The maximum atomic E-state index is 11.6. The first-order valence-electron chi connectivity index (χ1n) is 5.40. The highest BCUT2D eigenvalue weighted by Gasteiger charge is 2.27. The summed E-state index contributed by atoms with van der Waals surface area (Å²) in [5.74, 6) is 0.286. The highest BCUT2D eigenvalue weighted by atomic mass is 32.1. The topological polar surface area (TPSA) is 64.3 Å². The molecule has 0 aromatic carbocycles. The van der Waals surface area contributed by atoms with E-state index in [0.29, 0.717) is 16.5 Å². The van der Waals surface area contributed by atoms with Crippen molar-refractivity contribution in [3.8, 4) is 0 Å². The number of hydrogen-bond acceptors (Lipinski definition) is 5. The minimum Gasteiger partial charge on any atom is -0.465 e. The molecule has 1 aliphatic rings. The number of esters is 1. The van der Waals surface area contributed by atoms with Crippen LogP contribution >= 0.6 is 11.3 Å². The molecule has 0 amide bonds. The summed E-state index contributed by atoms with van der Waals surface area (Å²) in [7, 11) is 1.38. The number of carbonyl (C=O) groups is 1. The Morgan fingerprint density at radius 2 is 2.44 bits per heavy atom. The zero-order valence-electron chi connectivity index (χ0n) is 9.50. The van der Waals surface area contributed by atoms with Gasteiger partial charge in [-0.05, 0) is 12.3 Å². The Balaban J connectivity index is 2.36. The fourth-order valence-corrected chi connectivity index (χ4v) is 3.15.